The van der Waals surface area contributed by atoms with Crippen LogP contribution in [0, 0.1) is 0 Å². The first-order valence-corrected chi connectivity index (χ1v) is 7.49. The number of phosphoric ester groups is 1. The van der Waals surface area contributed by atoms with E-state index in [0.717, 1.165) is 0 Å². The van der Waals surface area contributed by atoms with Gasteiger partial charge in [0.25, 0.3) is 0 Å². The van der Waals surface area contributed by atoms with E-state index < -0.39 is 64.5 Å². The molecule has 1 aliphatic rings. The summed E-state index contributed by atoms with van der Waals surface area (Å²) in [5.74, 6) is 0. The summed E-state index contributed by atoms with van der Waals surface area (Å²) < 4.78 is 25.0. The van der Waals surface area contributed by atoms with Gasteiger partial charge in [0.15, 0.2) is 6.29 Å². The van der Waals surface area contributed by atoms with Crippen molar-refractivity contribution in [2.75, 3.05) is 19.8 Å². The Bertz CT molecular complexity index is 358. The molecule has 1 rings (SSSR count). The second-order valence-electron chi connectivity index (χ2n) is 4.44. The van der Waals surface area contributed by atoms with Crippen LogP contribution in [0.5, 0.6) is 0 Å². The summed E-state index contributed by atoms with van der Waals surface area (Å²) in [6.07, 6.45) is -9.31. The van der Waals surface area contributed by atoms with Gasteiger partial charge in [0.1, 0.15) is 30.5 Å². The SMILES string of the molecule is O=P(O)(O)O[C@@H]1[C@H](O)[C@@H](O)[C@H](OCC(O)CO)O[C@@H]1CO. The molecule has 0 aromatic heterocycles. The zero-order valence-corrected chi connectivity index (χ0v) is 11.7. The Morgan fingerprint density at radius 2 is 1.81 bits per heavy atom. The van der Waals surface area contributed by atoms with Crippen LogP contribution in [-0.2, 0) is 18.6 Å². The molecule has 0 spiro atoms. The third kappa shape index (κ3) is 5.51. The molecule has 1 aliphatic heterocycles. The average Bonchev–Trinajstić information content (AvgIpc) is 2.41. The third-order valence-electron chi connectivity index (χ3n) is 2.74. The van der Waals surface area contributed by atoms with Gasteiger partial charge in [0.05, 0.1) is 19.8 Å². The molecule has 0 aliphatic carbocycles. The number of phosphoric acid groups is 1. The molecule has 0 radical (unpaired) electrons. The molecule has 126 valence electrons. The maximum atomic E-state index is 10.8. The molecule has 21 heavy (non-hydrogen) atoms. The lowest BCUT2D eigenvalue weighted by Gasteiger charge is -2.41. The summed E-state index contributed by atoms with van der Waals surface area (Å²) in [4.78, 5) is 17.5. The van der Waals surface area contributed by atoms with Gasteiger partial charge >= 0.3 is 7.82 Å². The minimum absolute atomic E-state index is 0.423. The Morgan fingerprint density at radius 1 is 1.19 bits per heavy atom. The fourth-order valence-electron chi connectivity index (χ4n) is 1.74. The van der Waals surface area contributed by atoms with Gasteiger partial charge in [-0.2, -0.15) is 0 Å². The second-order valence-corrected chi connectivity index (χ2v) is 5.63. The van der Waals surface area contributed by atoms with Crippen molar-refractivity contribution in [2.24, 2.45) is 0 Å². The fraction of sp³-hybridized carbons (Fsp3) is 1.00. The zero-order chi connectivity index (χ0) is 16.2. The molecule has 1 fully saturated rings. The average molecular weight is 334 g/mol. The molecule has 6 atom stereocenters. The highest BCUT2D eigenvalue weighted by Gasteiger charge is 2.48. The third-order valence-corrected chi connectivity index (χ3v) is 3.26. The van der Waals surface area contributed by atoms with Crippen LogP contribution in [0.15, 0.2) is 0 Å². The summed E-state index contributed by atoms with van der Waals surface area (Å²) >= 11 is 0. The van der Waals surface area contributed by atoms with E-state index in [1.165, 1.54) is 0 Å². The molecule has 7 N–H and O–H groups in total. The fourth-order valence-corrected chi connectivity index (χ4v) is 2.32. The van der Waals surface area contributed by atoms with Crippen molar-refractivity contribution in [1.82, 2.24) is 0 Å². The molecule has 12 heteroatoms. The quantitative estimate of drug-likeness (QED) is 0.227. The van der Waals surface area contributed by atoms with Crippen LogP contribution in [0.1, 0.15) is 0 Å². The van der Waals surface area contributed by atoms with Gasteiger partial charge in [0, 0.05) is 0 Å². The van der Waals surface area contributed by atoms with Gasteiger partial charge in [-0.3, -0.25) is 4.52 Å². The van der Waals surface area contributed by atoms with E-state index in [4.69, 9.17) is 34.6 Å². The molecule has 0 bridgehead atoms. The zero-order valence-electron chi connectivity index (χ0n) is 10.8. The molecule has 1 unspecified atom stereocenters. The van der Waals surface area contributed by atoms with Crippen LogP contribution in [0.2, 0.25) is 0 Å². The number of hydrogen-bond acceptors (Lipinski definition) is 9. The smallest absolute Gasteiger partial charge is 0.394 e. The molecule has 11 nitrogen and oxygen atoms in total. The highest BCUT2D eigenvalue weighted by Crippen LogP contribution is 2.41. The van der Waals surface area contributed by atoms with E-state index >= 15 is 0 Å². The van der Waals surface area contributed by atoms with Crippen LogP contribution >= 0.6 is 7.82 Å². The first-order valence-electron chi connectivity index (χ1n) is 5.96. The molecular formula is C9H19O11P. The second kappa shape index (κ2) is 7.90. The van der Waals surface area contributed by atoms with E-state index in [-0.39, 0.29) is 0 Å². The Balaban J connectivity index is 2.73. The summed E-state index contributed by atoms with van der Waals surface area (Å²) in [5.41, 5.74) is 0. The summed E-state index contributed by atoms with van der Waals surface area (Å²) in [6, 6.07) is 0. The minimum Gasteiger partial charge on any atom is -0.394 e. The Kier molecular flexibility index (Phi) is 7.10. The standard InChI is InChI=1S/C9H19O11P/c10-1-4(12)3-18-9-7(14)6(13)8(5(2-11)19-9)20-21(15,16)17/h4-14H,1-3H2,(H2,15,16,17)/t4?,5-,6-,7-,8+,9-/m1/s1. The van der Waals surface area contributed by atoms with Crippen LogP contribution < -0.4 is 0 Å². The van der Waals surface area contributed by atoms with E-state index in [2.05, 4.69) is 4.52 Å². The van der Waals surface area contributed by atoms with E-state index in [9.17, 15) is 14.8 Å². The molecule has 0 aromatic rings. The summed E-state index contributed by atoms with van der Waals surface area (Å²) in [6.45, 7) is -1.79. The van der Waals surface area contributed by atoms with Gasteiger partial charge in [-0.1, -0.05) is 0 Å². The highest BCUT2D eigenvalue weighted by atomic mass is 31.2. The maximum Gasteiger partial charge on any atom is 0.470 e. The molecule has 0 saturated carbocycles. The molecule has 0 amide bonds. The highest BCUT2D eigenvalue weighted by molar-refractivity contribution is 7.46. The lowest BCUT2D eigenvalue weighted by Crippen LogP contribution is -2.60. The van der Waals surface area contributed by atoms with Gasteiger partial charge < -0.3 is 44.8 Å². The lowest BCUT2D eigenvalue weighted by atomic mass is 9.99. The first kappa shape index (κ1) is 18.9. The van der Waals surface area contributed by atoms with Crippen molar-refractivity contribution in [3.63, 3.8) is 0 Å². The van der Waals surface area contributed by atoms with Gasteiger partial charge in [-0.15, -0.1) is 0 Å². The predicted molar refractivity (Wildman–Crippen MR) is 63.7 cm³/mol. The van der Waals surface area contributed by atoms with E-state index in [1.807, 2.05) is 0 Å². The monoisotopic (exact) mass is 334 g/mol. The van der Waals surface area contributed by atoms with Gasteiger partial charge in [0.2, 0.25) is 0 Å². The summed E-state index contributed by atoms with van der Waals surface area (Å²) in [7, 11) is -4.98. The first-order chi connectivity index (χ1) is 9.69. The molecule has 0 aromatic carbocycles. The largest absolute Gasteiger partial charge is 0.470 e. The Morgan fingerprint density at radius 3 is 2.29 bits per heavy atom. The van der Waals surface area contributed by atoms with E-state index in [1.54, 1.807) is 0 Å². The number of aliphatic hydroxyl groups is 5. The van der Waals surface area contributed by atoms with Crippen LogP contribution in [0.4, 0.5) is 0 Å². The van der Waals surface area contributed by atoms with Crippen molar-refractivity contribution in [3.05, 3.63) is 0 Å². The van der Waals surface area contributed by atoms with Gasteiger partial charge in [-0.25, -0.2) is 4.57 Å². The number of rotatable bonds is 7. The van der Waals surface area contributed by atoms with Gasteiger partial charge in [-0.05, 0) is 0 Å². The van der Waals surface area contributed by atoms with Crippen molar-refractivity contribution in [2.45, 2.75) is 36.8 Å². The van der Waals surface area contributed by atoms with Crippen molar-refractivity contribution < 1.29 is 53.9 Å². The van der Waals surface area contributed by atoms with Crippen molar-refractivity contribution in [3.8, 4) is 0 Å². The maximum absolute atomic E-state index is 10.8. The van der Waals surface area contributed by atoms with Crippen LogP contribution in [0.3, 0.4) is 0 Å². The molecule has 1 heterocycles. The Labute approximate surface area is 119 Å². The predicted octanol–water partition coefficient (Wildman–Crippen LogP) is -3.73. The van der Waals surface area contributed by atoms with Crippen LogP contribution in [-0.4, -0.2) is 91.9 Å². The Hall–Kier alpha value is -0.170. The normalized spacial score (nSPS) is 35.7. The van der Waals surface area contributed by atoms with Crippen molar-refractivity contribution in [1.29, 1.82) is 0 Å². The van der Waals surface area contributed by atoms with Crippen molar-refractivity contribution >= 4 is 7.82 Å². The topological polar surface area (TPSA) is 186 Å². The number of ether oxygens (including phenoxy) is 2. The molecular weight excluding hydrogens is 315 g/mol. The summed E-state index contributed by atoms with van der Waals surface area (Å²) in [5, 5.41) is 46.4. The van der Waals surface area contributed by atoms with E-state index in [0.29, 0.717) is 0 Å². The van der Waals surface area contributed by atoms with Crippen LogP contribution in [0.25, 0.3) is 0 Å². The lowest BCUT2D eigenvalue weighted by molar-refractivity contribution is -0.302. The minimum atomic E-state index is -4.98. The number of hydrogen-bond donors (Lipinski definition) is 7. The number of aliphatic hydroxyl groups excluding tert-OH is 5. The molecule has 1 saturated heterocycles.